The van der Waals surface area contributed by atoms with E-state index in [1.807, 2.05) is 0 Å². The number of nitrogen functional groups attached to an aromatic ring is 1. The van der Waals surface area contributed by atoms with Crippen molar-refractivity contribution >= 4 is 38.9 Å². The molecular formula is C13H11BrFN3O. The second-order valence-corrected chi connectivity index (χ2v) is 4.83. The molecule has 0 bridgehead atoms. The molecule has 0 saturated heterocycles. The third-order valence-corrected chi connectivity index (χ3v) is 3.03. The SMILES string of the molecule is NC(=O)c1ccc(Nc2cc(Br)ccc2F)c(N)c1. The number of benzene rings is 2. The van der Waals surface area contributed by atoms with Gasteiger partial charge in [-0.3, -0.25) is 4.79 Å². The molecule has 0 aliphatic heterocycles. The topological polar surface area (TPSA) is 81.1 Å². The number of primary amides is 1. The van der Waals surface area contributed by atoms with Crippen LogP contribution in [-0.4, -0.2) is 5.91 Å². The molecule has 0 unspecified atom stereocenters. The molecule has 0 aliphatic carbocycles. The minimum atomic E-state index is -0.563. The van der Waals surface area contributed by atoms with Crippen molar-refractivity contribution in [2.45, 2.75) is 0 Å². The standard InChI is InChI=1S/C13H11BrFN3O/c14-8-2-3-9(15)12(6-8)18-11-4-1-7(13(17)19)5-10(11)16/h1-6,18H,16H2,(H2,17,19). The van der Waals surface area contributed by atoms with Crippen LogP contribution in [0.4, 0.5) is 21.5 Å². The molecule has 6 heteroatoms. The van der Waals surface area contributed by atoms with Crippen molar-refractivity contribution in [3.05, 3.63) is 52.3 Å². The second kappa shape index (κ2) is 5.27. The van der Waals surface area contributed by atoms with Gasteiger partial charge < -0.3 is 16.8 Å². The average Bonchev–Trinajstić information content (AvgIpc) is 2.36. The van der Waals surface area contributed by atoms with Gasteiger partial charge in [0.2, 0.25) is 5.91 Å². The Morgan fingerprint density at radius 3 is 2.53 bits per heavy atom. The normalized spacial score (nSPS) is 10.2. The first-order valence-corrected chi connectivity index (χ1v) is 6.18. The van der Waals surface area contributed by atoms with Crippen LogP contribution in [0.3, 0.4) is 0 Å². The van der Waals surface area contributed by atoms with Gasteiger partial charge in [0.1, 0.15) is 5.82 Å². The lowest BCUT2D eigenvalue weighted by molar-refractivity contribution is 0.100. The lowest BCUT2D eigenvalue weighted by atomic mass is 10.1. The molecular weight excluding hydrogens is 313 g/mol. The molecule has 0 saturated carbocycles. The van der Waals surface area contributed by atoms with E-state index >= 15 is 0 Å². The van der Waals surface area contributed by atoms with E-state index in [0.29, 0.717) is 16.9 Å². The number of amides is 1. The van der Waals surface area contributed by atoms with Gasteiger partial charge in [-0.05, 0) is 36.4 Å². The largest absolute Gasteiger partial charge is 0.397 e. The van der Waals surface area contributed by atoms with E-state index in [9.17, 15) is 9.18 Å². The van der Waals surface area contributed by atoms with Crippen LogP contribution in [0.25, 0.3) is 0 Å². The van der Waals surface area contributed by atoms with Gasteiger partial charge in [-0.25, -0.2) is 4.39 Å². The summed E-state index contributed by atoms with van der Waals surface area (Å²) in [5.74, 6) is -0.964. The summed E-state index contributed by atoms with van der Waals surface area (Å²) in [6.07, 6.45) is 0. The van der Waals surface area contributed by atoms with Gasteiger partial charge in [0.25, 0.3) is 0 Å². The van der Waals surface area contributed by atoms with Crippen LogP contribution in [0.15, 0.2) is 40.9 Å². The molecule has 0 fully saturated rings. The summed E-state index contributed by atoms with van der Waals surface area (Å²) in [7, 11) is 0. The smallest absolute Gasteiger partial charge is 0.248 e. The first-order chi connectivity index (χ1) is 8.97. The summed E-state index contributed by atoms with van der Waals surface area (Å²) in [5.41, 5.74) is 12.3. The molecule has 0 aromatic heterocycles. The van der Waals surface area contributed by atoms with Crippen LogP contribution in [0.5, 0.6) is 0 Å². The van der Waals surface area contributed by atoms with Crippen LogP contribution in [0, 0.1) is 5.82 Å². The van der Waals surface area contributed by atoms with Crippen molar-refractivity contribution in [3.63, 3.8) is 0 Å². The molecule has 0 heterocycles. The fourth-order valence-corrected chi connectivity index (χ4v) is 1.93. The van der Waals surface area contributed by atoms with Gasteiger partial charge in [0.05, 0.1) is 17.1 Å². The van der Waals surface area contributed by atoms with Crippen LogP contribution in [-0.2, 0) is 0 Å². The molecule has 4 nitrogen and oxygen atoms in total. The summed E-state index contributed by atoms with van der Waals surface area (Å²) in [6, 6.07) is 9.07. The van der Waals surface area contributed by atoms with Gasteiger partial charge in [0, 0.05) is 10.0 Å². The highest BCUT2D eigenvalue weighted by molar-refractivity contribution is 9.10. The number of hydrogen-bond acceptors (Lipinski definition) is 3. The number of anilines is 3. The van der Waals surface area contributed by atoms with Gasteiger partial charge in [0.15, 0.2) is 0 Å². The number of nitrogens with two attached hydrogens (primary N) is 2. The van der Waals surface area contributed by atoms with Crippen LogP contribution < -0.4 is 16.8 Å². The average molecular weight is 324 g/mol. The van der Waals surface area contributed by atoms with Crippen molar-refractivity contribution in [1.82, 2.24) is 0 Å². The molecule has 0 aliphatic rings. The zero-order valence-electron chi connectivity index (χ0n) is 9.78. The molecule has 0 spiro atoms. The summed E-state index contributed by atoms with van der Waals surface area (Å²) in [6.45, 7) is 0. The number of carbonyl (C=O) groups excluding carboxylic acids is 1. The lowest BCUT2D eigenvalue weighted by Gasteiger charge is -2.11. The predicted molar refractivity (Wildman–Crippen MR) is 76.8 cm³/mol. The Morgan fingerprint density at radius 2 is 1.89 bits per heavy atom. The molecule has 2 rings (SSSR count). The lowest BCUT2D eigenvalue weighted by Crippen LogP contribution is -2.11. The molecule has 2 aromatic rings. The summed E-state index contributed by atoms with van der Waals surface area (Å²) in [5, 5.41) is 2.87. The van der Waals surface area contributed by atoms with Crippen molar-refractivity contribution in [1.29, 1.82) is 0 Å². The number of hydrogen-bond donors (Lipinski definition) is 3. The van der Waals surface area contributed by atoms with Crippen molar-refractivity contribution in [3.8, 4) is 0 Å². The van der Waals surface area contributed by atoms with E-state index in [1.54, 1.807) is 18.2 Å². The Balaban J connectivity index is 2.33. The Labute approximate surface area is 117 Å². The van der Waals surface area contributed by atoms with E-state index in [-0.39, 0.29) is 5.69 Å². The maximum atomic E-state index is 13.6. The van der Waals surface area contributed by atoms with Gasteiger partial charge in [-0.15, -0.1) is 0 Å². The van der Waals surface area contributed by atoms with Gasteiger partial charge in [-0.1, -0.05) is 15.9 Å². The molecule has 0 atom stereocenters. The van der Waals surface area contributed by atoms with Gasteiger partial charge in [-0.2, -0.15) is 0 Å². The number of carbonyl (C=O) groups is 1. The zero-order valence-corrected chi connectivity index (χ0v) is 11.4. The van der Waals surface area contributed by atoms with Gasteiger partial charge >= 0.3 is 0 Å². The van der Waals surface area contributed by atoms with Crippen molar-refractivity contribution in [2.75, 3.05) is 11.1 Å². The highest BCUT2D eigenvalue weighted by atomic mass is 79.9. The third-order valence-electron chi connectivity index (χ3n) is 2.53. The molecule has 19 heavy (non-hydrogen) atoms. The fourth-order valence-electron chi connectivity index (χ4n) is 1.57. The van der Waals surface area contributed by atoms with Crippen LogP contribution in [0.2, 0.25) is 0 Å². The summed E-state index contributed by atoms with van der Waals surface area (Å²) in [4.78, 5) is 11.0. The predicted octanol–water partition coefficient (Wildman–Crippen LogP) is 3.01. The van der Waals surface area contributed by atoms with Crippen molar-refractivity contribution in [2.24, 2.45) is 5.73 Å². The molecule has 1 amide bonds. The molecule has 0 radical (unpaired) electrons. The molecule has 2 aromatic carbocycles. The summed E-state index contributed by atoms with van der Waals surface area (Å²) >= 11 is 3.26. The second-order valence-electron chi connectivity index (χ2n) is 3.92. The Kier molecular flexibility index (Phi) is 3.71. The highest BCUT2D eigenvalue weighted by Gasteiger charge is 2.08. The van der Waals surface area contributed by atoms with Crippen molar-refractivity contribution < 1.29 is 9.18 Å². The Morgan fingerprint density at radius 1 is 1.16 bits per heavy atom. The minimum Gasteiger partial charge on any atom is -0.397 e. The first kappa shape index (κ1) is 13.4. The Bertz CT molecular complexity index is 646. The van der Waals surface area contributed by atoms with E-state index in [0.717, 1.165) is 4.47 Å². The fraction of sp³-hybridized carbons (Fsp3) is 0. The van der Waals surface area contributed by atoms with Crippen LogP contribution in [0.1, 0.15) is 10.4 Å². The Hall–Kier alpha value is -2.08. The minimum absolute atomic E-state index is 0.285. The van der Waals surface area contributed by atoms with E-state index in [1.165, 1.54) is 18.2 Å². The quantitative estimate of drug-likeness (QED) is 0.759. The van der Waals surface area contributed by atoms with E-state index in [4.69, 9.17) is 11.5 Å². The molecule has 5 N–H and O–H groups in total. The summed E-state index contributed by atoms with van der Waals surface area (Å²) < 4.78 is 14.3. The highest BCUT2D eigenvalue weighted by Crippen LogP contribution is 2.27. The van der Waals surface area contributed by atoms with E-state index in [2.05, 4.69) is 21.2 Å². The maximum absolute atomic E-state index is 13.6. The zero-order chi connectivity index (χ0) is 14.0. The monoisotopic (exact) mass is 323 g/mol. The molecule has 98 valence electrons. The number of nitrogens with one attached hydrogen (secondary N) is 1. The van der Waals surface area contributed by atoms with E-state index < -0.39 is 11.7 Å². The van der Waals surface area contributed by atoms with Crippen LogP contribution >= 0.6 is 15.9 Å². The number of rotatable bonds is 3. The maximum Gasteiger partial charge on any atom is 0.248 e. The third kappa shape index (κ3) is 3.03. The first-order valence-electron chi connectivity index (χ1n) is 5.39. The number of halogens is 2.